The maximum atomic E-state index is 5.34. The van der Waals surface area contributed by atoms with E-state index in [0.29, 0.717) is 11.6 Å². The van der Waals surface area contributed by atoms with E-state index >= 15 is 0 Å². The fourth-order valence-corrected chi connectivity index (χ4v) is 2.72. The van der Waals surface area contributed by atoms with Crippen molar-refractivity contribution in [3.63, 3.8) is 0 Å². The summed E-state index contributed by atoms with van der Waals surface area (Å²) in [5, 5.41) is 13.7. The number of hydrogen-bond acceptors (Lipinski definition) is 5. The average Bonchev–Trinajstić information content (AvgIpc) is 3.15. The summed E-state index contributed by atoms with van der Waals surface area (Å²) in [4.78, 5) is 0.755. The van der Waals surface area contributed by atoms with Crippen molar-refractivity contribution in [2.24, 2.45) is 0 Å². The highest BCUT2D eigenvalue weighted by molar-refractivity contribution is 7.19. The molecule has 0 radical (unpaired) electrons. The van der Waals surface area contributed by atoms with Gasteiger partial charge in [-0.15, -0.1) is 10.2 Å². The highest BCUT2D eigenvalue weighted by Crippen LogP contribution is 2.27. The summed E-state index contributed by atoms with van der Waals surface area (Å²) in [7, 11) is 0. The summed E-state index contributed by atoms with van der Waals surface area (Å²) in [6.07, 6.45) is 1.61. The lowest BCUT2D eigenvalue weighted by atomic mass is 10.2. The fourth-order valence-electron chi connectivity index (χ4n) is 1.87. The van der Waals surface area contributed by atoms with Crippen LogP contribution < -0.4 is 0 Å². The molecule has 0 fully saturated rings. The monoisotopic (exact) mass is 268 g/mol. The van der Waals surface area contributed by atoms with Crippen LogP contribution in [0.15, 0.2) is 53.1 Å². The minimum atomic E-state index is 0.624. The SMILES string of the molecule is c1ccc(-c2nn3c(-c4ccco4)nnc3s2)cc1. The molecule has 0 aliphatic rings. The minimum absolute atomic E-state index is 0.624. The van der Waals surface area contributed by atoms with E-state index in [2.05, 4.69) is 15.3 Å². The van der Waals surface area contributed by atoms with Crippen molar-refractivity contribution in [3.8, 4) is 22.2 Å². The van der Waals surface area contributed by atoms with Gasteiger partial charge in [-0.25, -0.2) is 0 Å². The maximum Gasteiger partial charge on any atom is 0.235 e. The molecule has 0 N–H and O–H groups in total. The summed E-state index contributed by atoms with van der Waals surface area (Å²) < 4.78 is 7.06. The second-order valence-corrected chi connectivity index (χ2v) is 4.92. The van der Waals surface area contributed by atoms with E-state index in [0.717, 1.165) is 15.5 Å². The Bertz CT molecular complexity index is 817. The highest BCUT2D eigenvalue weighted by atomic mass is 32.1. The summed E-state index contributed by atoms with van der Waals surface area (Å²) in [6, 6.07) is 13.7. The molecular weight excluding hydrogens is 260 g/mol. The fraction of sp³-hybridized carbons (Fsp3) is 0. The molecule has 19 heavy (non-hydrogen) atoms. The average molecular weight is 268 g/mol. The van der Waals surface area contributed by atoms with Crippen LogP contribution in [0.2, 0.25) is 0 Å². The predicted molar refractivity (Wildman–Crippen MR) is 71.8 cm³/mol. The normalized spacial score (nSPS) is 11.2. The van der Waals surface area contributed by atoms with E-state index in [1.165, 1.54) is 11.3 Å². The zero-order valence-electron chi connectivity index (χ0n) is 9.72. The van der Waals surface area contributed by atoms with Gasteiger partial charge in [0.1, 0.15) is 5.01 Å². The van der Waals surface area contributed by atoms with Crippen LogP contribution in [0.5, 0.6) is 0 Å². The molecule has 0 unspecified atom stereocenters. The molecular formula is C13H8N4OS. The number of nitrogens with zero attached hydrogens (tertiary/aromatic N) is 4. The Morgan fingerprint density at radius 2 is 1.89 bits per heavy atom. The first kappa shape index (κ1) is 10.5. The van der Waals surface area contributed by atoms with E-state index in [1.807, 2.05) is 42.5 Å². The third kappa shape index (κ3) is 1.65. The van der Waals surface area contributed by atoms with E-state index in [-0.39, 0.29) is 0 Å². The zero-order valence-corrected chi connectivity index (χ0v) is 10.5. The number of furan rings is 1. The van der Waals surface area contributed by atoms with E-state index in [9.17, 15) is 0 Å². The molecule has 3 heterocycles. The van der Waals surface area contributed by atoms with Crippen LogP contribution in [-0.4, -0.2) is 19.8 Å². The Kier molecular flexibility index (Phi) is 2.22. The van der Waals surface area contributed by atoms with Gasteiger partial charge in [0.05, 0.1) is 6.26 Å². The Morgan fingerprint density at radius 1 is 1.00 bits per heavy atom. The molecule has 0 spiro atoms. The third-order valence-corrected chi connectivity index (χ3v) is 3.70. The van der Waals surface area contributed by atoms with Crippen LogP contribution in [-0.2, 0) is 0 Å². The van der Waals surface area contributed by atoms with Gasteiger partial charge in [-0.3, -0.25) is 0 Å². The molecule has 4 rings (SSSR count). The molecule has 0 aliphatic carbocycles. The van der Waals surface area contributed by atoms with Gasteiger partial charge in [0.2, 0.25) is 10.8 Å². The number of hydrogen-bond donors (Lipinski definition) is 0. The van der Waals surface area contributed by atoms with Gasteiger partial charge in [0.15, 0.2) is 5.76 Å². The van der Waals surface area contributed by atoms with Gasteiger partial charge in [-0.05, 0) is 12.1 Å². The number of fused-ring (bicyclic) bond motifs is 1. The first-order valence-corrected chi connectivity index (χ1v) is 6.55. The molecule has 0 saturated carbocycles. The Hall–Kier alpha value is -2.47. The van der Waals surface area contributed by atoms with Crippen LogP contribution in [0.4, 0.5) is 0 Å². The second kappa shape index (κ2) is 4.03. The quantitative estimate of drug-likeness (QED) is 0.560. The molecule has 0 amide bonds. The zero-order chi connectivity index (χ0) is 12.7. The van der Waals surface area contributed by atoms with Crippen LogP contribution in [0.25, 0.3) is 27.1 Å². The first-order chi connectivity index (χ1) is 9.42. The molecule has 0 aliphatic heterocycles. The number of aromatic nitrogens is 4. The Morgan fingerprint density at radius 3 is 2.68 bits per heavy atom. The standard InChI is InChI=1S/C13H8N4OS/c1-2-5-9(6-3-1)12-16-17-11(10-7-4-8-18-10)14-15-13(17)19-12/h1-8H. The lowest BCUT2D eigenvalue weighted by Crippen LogP contribution is -1.89. The van der Waals surface area contributed by atoms with Crippen molar-refractivity contribution < 1.29 is 4.42 Å². The molecule has 92 valence electrons. The molecule has 0 bridgehead atoms. The highest BCUT2D eigenvalue weighted by Gasteiger charge is 2.15. The molecule has 1 aromatic carbocycles. The third-order valence-electron chi connectivity index (χ3n) is 2.75. The molecule has 5 nitrogen and oxygen atoms in total. The van der Waals surface area contributed by atoms with Crippen LogP contribution in [0.3, 0.4) is 0 Å². The molecule has 4 aromatic rings. The summed E-state index contributed by atoms with van der Waals surface area (Å²) in [6.45, 7) is 0. The Balaban J connectivity index is 1.89. The Labute approximate surface area is 112 Å². The van der Waals surface area contributed by atoms with E-state index < -0.39 is 0 Å². The smallest absolute Gasteiger partial charge is 0.235 e. The van der Waals surface area contributed by atoms with Crippen molar-refractivity contribution in [3.05, 3.63) is 48.7 Å². The largest absolute Gasteiger partial charge is 0.461 e. The van der Waals surface area contributed by atoms with Crippen molar-refractivity contribution in [2.45, 2.75) is 0 Å². The van der Waals surface area contributed by atoms with Gasteiger partial charge in [0.25, 0.3) is 0 Å². The van der Waals surface area contributed by atoms with Crippen molar-refractivity contribution in [1.29, 1.82) is 0 Å². The predicted octanol–water partition coefficient (Wildman–Crippen LogP) is 3.11. The molecule has 0 saturated heterocycles. The summed E-state index contributed by atoms with van der Waals surface area (Å²) >= 11 is 1.51. The second-order valence-electron chi connectivity index (χ2n) is 3.97. The van der Waals surface area contributed by atoms with Gasteiger partial charge in [-0.2, -0.15) is 9.61 Å². The maximum absolute atomic E-state index is 5.34. The van der Waals surface area contributed by atoms with Crippen molar-refractivity contribution in [2.75, 3.05) is 0 Å². The lowest BCUT2D eigenvalue weighted by molar-refractivity contribution is 0.575. The number of benzene rings is 1. The topological polar surface area (TPSA) is 56.2 Å². The van der Waals surface area contributed by atoms with E-state index in [1.54, 1.807) is 10.8 Å². The van der Waals surface area contributed by atoms with Gasteiger partial charge < -0.3 is 4.42 Å². The molecule has 0 atom stereocenters. The minimum Gasteiger partial charge on any atom is -0.461 e. The number of rotatable bonds is 2. The first-order valence-electron chi connectivity index (χ1n) is 5.73. The molecule has 6 heteroatoms. The van der Waals surface area contributed by atoms with Crippen molar-refractivity contribution >= 4 is 16.3 Å². The molecule has 3 aromatic heterocycles. The van der Waals surface area contributed by atoms with Gasteiger partial charge >= 0.3 is 0 Å². The van der Waals surface area contributed by atoms with Crippen molar-refractivity contribution in [1.82, 2.24) is 19.8 Å². The lowest BCUT2D eigenvalue weighted by Gasteiger charge is -1.93. The van der Waals surface area contributed by atoms with Crippen LogP contribution in [0.1, 0.15) is 0 Å². The van der Waals surface area contributed by atoms with Crippen LogP contribution in [0, 0.1) is 0 Å². The summed E-state index contributed by atoms with van der Waals surface area (Å²) in [5.41, 5.74) is 1.07. The summed E-state index contributed by atoms with van der Waals surface area (Å²) in [5.74, 6) is 1.29. The van der Waals surface area contributed by atoms with Gasteiger partial charge in [-0.1, -0.05) is 41.7 Å². The van der Waals surface area contributed by atoms with Gasteiger partial charge in [0, 0.05) is 5.56 Å². The van der Waals surface area contributed by atoms with Crippen LogP contribution >= 0.6 is 11.3 Å². The van der Waals surface area contributed by atoms with E-state index in [4.69, 9.17) is 4.42 Å².